The number of carbonyl (C=O) groups excluding carboxylic acids is 1. The summed E-state index contributed by atoms with van der Waals surface area (Å²) >= 11 is 0. The first kappa shape index (κ1) is 20.1. The van der Waals surface area contributed by atoms with Crippen LogP contribution in [0.1, 0.15) is 41.2 Å². The van der Waals surface area contributed by atoms with Gasteiger partial charge in [-0.15, -0.1) is 0 Å². The molecule has 3 rings (SSSR count). The molecule has 1 unspecified atom stereocenters. The van der Waals surface area contributed by atoms with E-state index in [2.05, 4.69) is 10.2 Å². The third kappa shape index (κ3) is 4.59. The van der Waals surface area contributed by atoms with E-state index < -0.39 is 28.9 Å². The van der Waals surface area contributed by atoms with Gasteiger partial charge in [-0.1, -0.05) is 18.6 Å². The van der Waals surface area contributed by atoms with Crippen LogP contribution in [-0.4, -0.2) is 42.7 Å². The molecule has 1 fully saturated rings. The van der Waals surface area contributed by atoms with Crippen LogP contribution in [0.5, 0.6) is 11.5 Å². The van der Waals surface area contributed by atoms with E-state index in [0.717, 1.165) is 43.3 Å². The number of likely N-dealkylation sites (tertiary alicyclic amines) is 1. The van der Waals surface area contributed by atoms with Crippen molar-refractivity contribution in [1.82, 2.24) is 10.2 Å². The second kappa shape index (κ2) is 9.01. The Morgan fingerprint density at radius 2 is 1.86 bits per heavy atom. The SMILES string of the molecule is COc1ccc(C(CNC(=O)c2c(O)cc(F)cc2F)N2CCCCC2)cc1. The van der Waals surface area contributed by atoms with E-state index in [-0.39, 0.29) is 12.6 Å². The van der Waals surface area contributed by atoms with E-state index in [4.69, 9.17) is 4.74 Å². The van der Waals surface area contributed by atoms with E-state index in [1.54, 1.807) is 7.11 Å². The smallest absolute Gasteiger partial charge is 0.258 e. The van der Waals surface area contributed by atoms with Gasteiger partial charge in [-0.25, -0.2) is 8.78 Å². The molecule has 0 aromatic heterocycles. The molecule has 1 heterocycles. The number of nitrogens with zero attached hydrogens (tertiary/aromatic N) is 1. The molecule has 2 aromatic rings. The van der Waals surface area contributed by atoms with E-state index in [9.17, 15) is 18.7 Å². The Morgan fingerprint density at radius 1 is 1.18 bits per heavy atom. The molecule has 28 heavy (non-hydrogen) atoms. The van der Waals surface area contributed by atoms with Crippen molar-refractivity contribution in [2.45, 2.75) is 25.3 Å². The first-order chi connectivity index (χ1) is 13.5. The van der Waals surface area contributed by atoms with Crippen LogP contribution in [0.3, 0.4) is 0 Å². The Morgan fingerprint density at radius 3 is 2.46 bits per heavy atom. The van der Waals surface area contributed by atoms with Gasteiger partial charge in [0, 0.05) is 18.7 Å². The molecule has 150 valence electrons. The maximum absolute atomic E-state index is 14.0. The van der Waals surface area contributed by atoms with Crippen molar-refractivity contribution in [3.05, 3.63) is 59.2 Å². The molecule has 5 nitrogen and oxygen atoms in total. The van der Waals surface area contributed by atoms with Gasteiger partial charge in [0.25, 0.3) is 5.91 Å². The lowest BCUT2D eigenvalue weighted by atomic mass is 10.0. The predicted molar refractivity (Wildman–Crippen MR) is 102 cm³/mol. The van der Waals surface area contributed by atoms with Crippen LogP contribution in [0.25, 0.3) is 0 Å². The fourth-order valence-electron chi connectivity index (χ4n) is 3.58. The number of hydrogen-bond donors (Lipinski definition) is 2. The Bertz CT molecular complexity index is 798. The van der Waals surface area contributed by atoms with E-state index >= 15 is 0 Å². The van der Waals surface area contributed by atoms with Gasteiger partial charge < -0.3 is 15.2 Å². The third-order valence-corrected chi connectivity index (χ3v) is 5.05. The number of carbonyl (C=O) groups is 1. The topological polar surface area (TPSA) is 61.8 Å². The van der Waals surface area contributed by atoms with Crippen LogP contribution < -0.4 is 10.1 Å². The zero-order valence-electron chi connectivity index (χ0n) is 15.8. The number of methoxy groups -OCH3 is 1. The second-order valence-electron chi connectivity index (χ2n) is 6.88. The molecular formula is C21H24F2N2O3. The molecule has 1 atom stereocenters. The van der Waals surface area contributed by atoms with Crippen molar-refractivity contribution >= 4 is 5.91 Å². The van der Waals surface area contributed by atoms with E-state index in [1.165, 1.54) is 6.42 Å². The summed E-state index contributed by atoms with van der Waals surface area (Å²) in [7, 11) is 1.60. The van der Waals surface area contributed by atoms with E-state index in [1.807, 2.05) is 24.3 Å². The highest BCUT2D eigenvalue weighted by molar-refractivity contribution is 5.97. The van der Waals surface area contributed by atoms with Gasteiger partial charge in [0.05, 0.1) is 13.2 Å². The monoisotopic (exact) mass is 390 g/mol. The molecule has 0 aliphatic carbocycles. The number of halogens is 2. The van der Waals surface area contributed by atoms with Crippen LogP contribution in [0.15, 0.2) is 36.4 Å². The van der Waals surface area contributed by atoms with Crippen LogP contribution in [0, 0.1) is 11.6 Å². The summed E-state index contributed by atoms with van der Waals surface area (Å²) in [5, 5.41) is 12.5. The first-order valence-corrected chi connectivity index (χ1v) is 9.34. The van der Waals surface area contributed by atoms with Crippen molar-refractivity contribution in [2.24, 2.45) is 0 Å². The average Bonchev–Trinajstić information content (AvgIpc) is 2.68. The summed E-state index contributed by atoms with van der Waals surface area (Å²) in [6, 6.07) is 8.82. The minimum Gasteiger partial charge on any atom is -0.507 e. The molecule has 1 aliphatic rings. The highest BCUT2D eigenvalue weighted by Crippen LogP contribution is 2.27. The van der Waals surface area contributed by atoms with Gasteiger partial charge in [0.2, 0.25) is 0 Å². The van der Waals surface area contributed by atoms with Crippen molar-refractivity contribution in [1.29, 1.82) is 0 Å². The fraction of sp³-hybridized carbons (Fsp3) is 0.381. The van der Waals surface area contributed by atoms with Gasteiger partial charge in [0.1, 0.15) is 28.7 Å². The predicted octanol–water partition coefficient (Wildman–Crippen LogP) is 3.64. The highest BCUT2D eigenvalue weighted by Gasteiger charge is 2.25. The molecule has 0 saturated carbocycles. The van der Waals surface area contributed by atoms with Crippen LogP contribution in [-0.2, 0) is 0 Å². The Labute approximate surface area is 162 Å². The highest BCUT2D eigenvalue weighted by atomic mass is 19.1. The minimum absolute atomic E-state index is 0.0965. The van der Waals surface area contributed by atoms with Crippen molar-refractivity contribution < 1.29 is 23.4 Å². The van der Waals surface area contributed by atoms with Gasteiger partial charge in [-0.05, 0) is 43.6 Å². The van der Waals surface area contributed by atoms with Crippen molar-refractivity contribution in [2.75, 3.05) is 26.7 Å². The summed E-state index contributed by atoms with van der Waals surface area (Å²) in [4.78, 5) is 14.7. The number of piperidine rings is 1. The third-order valence-electron chi connectivity index (χ3n) is 5.05. The quantitative estimate of drug-likeness (QED) is 0.791. The Hall–Kier alpha value is -2.67. The molecule has 2 N–H and O–H groups in total. The van der Waals surface area contributed by atoms with Crippen molar-refractivity contribution in [3.63, 3.8) is 0 Å². The molecule has 1 amide bonds. The van der Waals surface area contributed by atoms with Crippen LogP contribution in [0.4, 0.5) is 8.78 Å². The van der Waals surface area contributed by atoms with Crippen LogP contribution in [0.2, 0.25) is 0 Å². The summed E-state index contributed by atoms with van der Waals surface area (Å²) in [5.74, 6) is -2.77. The summed E-state index contributed by atoms with van der Waals surface area (Å²) in [5.41, 5.74) is 0.459. The first-order valence-electron chi connectivity index (χ1n) is 9.34. The Kier molecular flexibility index (Phi) is 6.46. The molecule has 2 aromatic carbocycles. The lowest BCUT2D eigenvalue weighted by molar-refractivity contribution is 0.0917. The van der Waals surface area contributed by atoms with Gasteiger partial charge >= 0.3 is 0 Å². The number of aromatic hydroxyl groups is 1. The lowest BCUT2D eigenvalue weighted by Gasteiger charge is -2.35. The number of amides is 1. The molecule has 0 radical (unpaired) electrons. The summed E-state index contributed by atoms with van der Waals surface area (Å²) in [6.45, 7) is 2.05. The number of benzene rings is 2. The zero-order valence-corrected chi connectivity index (χ0v) is 15.8. The molecular weight excluding hydrogens is 366 g/mol. The maximum Gasteiger partial charge on any atom is 0.258 e. The standard InChI is InChI=1S/C21H24F2N2O3/c1-28-16-7-5-14(6-8-16)18(25-9-3-2-4-10-25)13-24-21(27)20-17(23)11-15(22)12-19(20)26/h5-8,11-12,18,26H,2-4,9-10,13H2,1H3,(H,24,27). The zero-order chi connectivity index (χ0) is 20.1. The molecule has 0 bridgehead atoms. The van der Waals surface area contributed by atoms with Gasteiger partial charge in [-0.3, -0.25) is 9.69 Å². The minimum atomic E-state index is -1.09. The maximum atomic E-state index is 14.0. The second-order valence-corrected chi connectivity index (χ2v) is 6.88. The Balaban J connectivity index is 1.78. The number of rotatable bonds is 6. The number of phenolic OH excluding ortho intramolecular Hbond substituents is 1. The van der Waals surface area contributed by atoms with E-state index in [0.29, 0.717) is 6.07 Å². The van der Waals surface area contributed by atoms with Gasteiger partial charge in [0.15, 0.2) is 0 Å². The fourth-order valence-corrected chi connectivity index (χ4v) is 3.58. The molecule has 1 aliphatic heterocycles. The number of nitrogens with one attached hydrogen (secondary N) is 1. The number of hydrogen-bond acceptors (Lipinski definition) is 4. The van der Waals surface area contributed by atoms with Gasteiger partial charge in [-0.2, -0.15) is 0 Å². The molecule has 7 heteroatoms. The number of phenols is 1. The lowest BCUT2D eigenvalue weighted by Crippen LogP contribution is -2.40. The van der Waals surface area contributed by atoms with Crippen LogP contribution >= 0.6 is 0 Å². The number of ether oxygens (including phenoxy) is 1. The van der Waals surface area contributed by atoms with Crippen molar-refractivity contribution in [3.8, 4) is 11.5 Å². The normalized spacial score (nSPS) is 15.8. The molecule has 1 saturated heterocycles. The largest absolute Gasteiger partial charge is 0.507 e. The molecule has 0 spiro atoms. The summed E-state index contributed by atoms with van der Waals surface area (Å²) in [6.07, 6.45) is 3.33. The average molecular weight is 390 g/mol. The summed E-state index contributed by atoms with van der Waals surface area (Å²) < 4.78 is 32.3.